The number of amides is 1. The van der Waals surface area contributed by atoms with E-state index in [4.69, 9.17) is 0 Å². The van der Waals surface area contributed by atoms with E-state index in [1.165, 1.54) is 0 Å². The van der Waals surface area contributed by atoms with Crippen molar-refractivity contribution < 1.29 is 14.7 Å². The van der Waals surface area contributed by atoms with Gasteiger partial charge in [0.2, 0.25) is 0 Å². The molecular weight excluding hydrogens is 294 g/mol. The molecule has 1 fully saturated rings. The Morgan fingerprint density at radius 2 is 2.00 bits per heavy atom. The molecule has 1 aromatic carbocycles. The predicted octanol–water partition coefficient (Wildman–Crippen LogP) is 2.40. The van der Waals surface area contributed by atoms with Crippen LogP contribution in [0.2, 0.25) is 0 Å². The lowest BCUT2D eigenvalue weighted by molar-refractivity contribution is -0.143. The number of benzene rings is 1. The zero-order valence-corrected chi connectivity index (χ0v) is 12.9. The number of nitrogens with one attached hydrogen (secondary N) is 1. The number of likely N-dealkylation sites (tertiary alicyclic amines) is 1. The number of carbonyl (C=O) groups excluding carboxylic acids is 1. The fraction of sp³-hybridized carbons (Fsp3) is 0.353. The Labute approximate surface area is 134 Å². The minimum Gasteiger partial charge on any atom is -0.481 e. The van der Waals surface area contributed by atoms with Crippen LogP contribution in [-0.2, 0) is 4.79 Å². The molecule has 3 rings (SSSR count). The SMILES string of the molecule is CC1CCC(C(=O)O)CN1C(=O)c1cc(-c2ccccc2)n[nH]1. The van der Waals surface area contributed by atoms with E-state index in [0.717, 1.165) is 5.56 Å². The Kier molecular flexibility index (Phi) is 4.14. The van der Waals surface area contributed by atoms with Gasteiger partial charge in [0, 0.05) is 18.2 Å². The molecule has 0 spiro atoms. The smallest absolute Gasteiger partial charge is 0.308 e. The Balaban J connectivity index is 1.80. The zero-order chi connectivity index (χ0) is 16.4. The average Bonchev–Trinajstić information content (AvgIpc) is 3.05. The van der Waals surface area contributed by atoms with E-state index in [1.54, 1.807) is 11.0 Å². The zero-order valence-electron chi connectivity index (χ0n) is 12.9. The Morgan fingerprint density at radius 3 is 2.70 bits per heavy atom. The average molecular weight is 313 g/mol. The highest BCUT2D eigenvalue weighted by Crippen LogP contribution is 2.25. The van der Waals surface area contributed by atoms with Crippen LogP contribution in [-0.4, -0.2) is 44.7 Å². The topological polar surface area (TPSA) is 86.3 Å². The molecule has 2 aromatic rings. The number of carboxylic acid groups (broad SMARTS) is 1. The molecule has 0 aliphatic carbocycles. The first kappa shape index (κ1) is 15.3. The molecule has 0 bridgehead atoms. The van der Waals surface area contributed by atoms with Crippen molar-refractivity contribution in [2.75, 3.05) is 6.54 Å². The second-order valence-corrected chi connectivity index (χ2v) is 5.95. The molecule has 6 heteroatoms. The normalized spacial score (nSPS) is 21.2. The van der Waals surface area contributed by atoms with Crippen molar-refractivity contribution in [2.45, 2.75) is 25.8 Å². The number of nitrogens with zero attached hydrogens (tertiary/aromatic N) is 2. The van der Waals surface area contributed by atoms with Crippen LogP contribution in [0.25, 0.3) is 11.3 Å². The molecule has 0 saturated carbocycles. The van der Waals surface area contributed by atoms with Gasteiger partial charge in [0.15, 0.2) is 0 Å². The number of aromatic nitrogens is 2. The number of carbonyl (C=O) groups is 2. The number of carboxylic acids is 1. The molecule has 120 valence electrons. The van der Waals surface area contributed by atoms with Gasteiger partial charge >= 0.3 is 5.97 Å². The molecular formula is C17H19N3O3. The van der Waals surface area contributed by atoms with Crippen molar-refractivity contribution >= 4 is 11.9 Å². The van der Waals surface area contributed by atoms with E-state index < -0.39 is 11.9 Å². The number of H-pyrrole nitrogens is 1. The molecule has 1 aliphatic heterocycles. The Morgan fingerprint density at radius 1 is 1.26 bits per heavy atom. The van der Waals surface area contributed by atoms with Gasteiger partial charge in [0.1, 0.15) is 5.69 Å². The minimum absolute atomic E-state index is 0.0292. The molecule has 1 aromatic heterocycles. The summed E-state index contributed by atoms with van der Waals surface area (Å²) in [6.07, 6.45) is 1.31. The summed E-state index contributed by atoms with van der Waals surface area (Å²) in [5.41, 5.74) is 2.02. The highest BCUT2D eigenvalue weighted by atomic mass is 16.4. The van der Waals surface area contributed by atoms with Crippen LogP contribution in [0.5, 0.6) is 0 Å². The van der Waals surface area contributed by atoms with Gasteiger partial charge in [-0.1, -0.05) is 30.3 Å². The maximum atomic E-state index is 12.7. The van der Waals surface area contributed by atoms with E-state index in [2.05, 4.69) is 10.2 Å². The lowest BCUT2D eigenvalue weighted by atomic mass is 9.93. The first-order chi connectivity index (χ1) is 11.1. The highest BCUT2D eigenvalue weighted by Gasteiger charge is 2.33. The fourth-order valence-electron chi connectivity index (χ4n) is 2.93. The molecule has 23 heavy (non-hydrogen) atoms. The van der Waals surface area contributed by atoms with Crippen LogP contribution in [0.15, 0.2) is 36.4 Å². The predicted molar refractivity (Wildman–Crippen MR) is 84.9 cm³/mol. The third-order valence-electron chi connectivity index (χ3n) is 4.37. The first-order valence-electron chi connectivity index (χ1n) is 7.71. The minimum atomic E-state index is -0.843. The van der Waals surface area contributed by atoms with Crippen LogP contribution in [0.4, 0.5) is 0 Å². The number of aromatic amines is 1. The number of hydrogen-bond acceptors (Lipinski definition) is 3. The maximum absolute atomic E-state index is 12.7. The summed E-state index contributed by atoms with van der Waals surface area (Å²) in [5, 5.41) is 16.2. The van der Waals surface area contributed by atoms with Crippen molar-refractivity contribution in [3.63, 3.8) is 0 Å². The summed E-state index contributed by atoms with van der Waals surface area (Å²) in [7, 11) is 0. The number of rotatable bonds is 3. The van der Waals surface area contributed by atoms with Crippen molar-refractivity contribution in [3.8, 4) is 11.3 Å². The molecule has 1 aliphatic rings. The Hall–Kier alpha value is -2.63. The highest BCUT2D eigenvalue weighted by molar-refractivity contribution is 5.94. The van der Waals surface area contributed by atoms with Crippen LogP contribution in [0, 0.1) is 5.92 Å². The van der Waals surface area contributed by atoms with Gasteiger partial charge in [-0.2, -0.15) is 5.10 Å². The third-order valence-corrected chi connectivity index (χ3v) is 4.37. The quantitative estimate of drug-likeness (QED) is 0.911. The van der Waals surface area contributed by atoms with E-state index in [0.29, 0.717) is 24.2 Å². The van der Waals surface area contributed by atoms with Gasteiger partial charge < -0.3 is 10.0 Å². The fourth-order valence-corrected chi connectivity index (χ4v) is 2.93. The van der Waals surface area contributed by atoms with Crippen LogP contribution < -0.4 is 0 Å². The van der Waals surface area contributed by atoms with Crippen molar-refractivity contribution in [2.24, 2.45) is 5.92 Å². The van der Waals surface area contributed by atoms with Crippen LogP contribution >= 0.6 is 0 Å². The molecule has 2 unspecified atom stereocenters. The van der Waals surface area contributed by atoms with Crippen molar-refractivity contribution in [1.82, 2.24) is 15.1 Å². The molecule has 1 amide bonds. The third kappa shape index (κ3) is 3.11. The van der Waals surface area contributed by atoms with Crippen LogP contribution in [0.3, 0.4) is 0 Å². The lowest BCUT2D eigenvalue weighted by Gasteiger charge is -2.36. The largest absolute Gasteiger partial charge is 0.481 e. The maximum Gasteiger partial charge on any atom is 0.308 e. The van der Waals surface area contributed by atoms with Gasteiger partial charge in [0.05, 0.1) is 11.6 Å². The summed E-state index contributed by atoms with van der Waals surface area (Å²) >= 11 is 0. The molecule has 0 radical (unpaired) electrons. The summed E-state index contributed by atoms with van der Waals surface area (Å²) in [6.45, 7) is 2.19. The second-order valence-electron chi connectivity index (χ2n) is 5.95. The molecule has 2 heterocycles. The molecule has 6 nitrogen and oxygen atoms in total. The second kappa shape index (κ2) is 6.24. The van der Waals surface area contributed by atoms with Gasteiger partial charge in [0.25, 0.3) is 5.91 Å². The van der Waals surface area contributed by atoms with Gasteiger partial charge in [-0.25, -0.2) is 0 Å². The van der Waals surface area contributed by atoms with Crippen molar-refractivity contribution in [1.29, 1.82) is 0 Å². The molecule has 2 atom stereocenters. The van der Waals surface area contributed by atoms with E-state index in [-0.39, 0.29) is 18.5 Å². The molecule has 1 saturated heterocycles. The van der Waals surface area contributed by atoms with Gasteiger partial charge in [-0.15, -0.1) is 0 Å². The molecule has 2 N–H and O–H groups in total. The number of aliphatic carboxylic acids is 1. The van der Waals surface area contributed by atoms with Gasteiger partial charge in [-0.3, -0.25) is 14.7 Å². The van der Waals surface area contributed by atoms with Crippen molar-refractivity contribution in [3.05, 3.63) is 42.1 Å². The van der Waals surface area contributed by atoms with E-state index in [1.807, 2.05) is 37.3 Å². The van der Waals surface area contributed by atoms with Gasteiger partial charge in [-0.05, 0) is 25.8 Å². The van der Waals surface area contributed by atoms with E-state index >= 15 is 0 Å². The monoisotopic (exact) mass is 313 g/mol. The summed E-state index contributed by atoms with van der Waals surface area (Å²) in [5.74, 6) is -1.53. The summed E-state index contributed by atoms with van der Waals surface area (Å²) in [4.78, 5) is 25.5. The number of hydrogen-bond donors (Lipinski definition) is 2. The van der Waals surface area contributed by atoms with E-state index in [9.17, 15) is 14.7 Å². The summed E-state index contributed by atoms with van der Waals surface area (Å²) in [6, 6.07) is 11.3. The summed E-state index contributed by atoms with van der Waals surface area (Å²) < 4.78 is 0. The van der Waals surface area contributed by atoms with Crippen LogP contribution in [0.1, 0.15) is 30.3 Å². The first-order valence-corrected chi connectivity index (χ1v) is 7.71. The Bertz CT molecular complexity index is 711. The lowest BCUT2D eigenvalue weighted by Crippen LogP contribution is -2.47. The standard InChI is InChI=1S/C17H19N3O3/c1-11-7-8-13(17(22)23)10-20(11)16(21)15-9-14(18-19-15)12-5-3-2-4-6-12/h2-6,9,11,13H,7-8,10H2,1H3,(H,18,19)(H,22,23). The number of piperidine rings is 1.